The van der Waals surface area contributed by atoms with Crippen molar-refractivity contribution in [1.82, 2.24) is 0 Å². The minimum atomic E-state index is -4.11. The van der Waals surface area contributed by atoms with E-state index < -0.39 is 15.6 Å². The van der Waals surface area contributed by atoms with E-state index in [2.05, 4.69) is 27.7 Å². The monoisotopic (exact) mass is 1040 g/mol. The van der Waals surface area contributed by atoms with Gasteiger partial charge in [0.25, 0.3) is 15.6 Å². The third-order valence-corrected chi connectivity index (χ3v) is 15.0. The molecule has 0 unspecified atom stereocenters. The second-order valence-electron chi connectivity index (χ2n) is 19.8. The van der Waals surface area contributed by atoms with E-state index in [0.717, 1.165) is 51.4 Å². The minimum absolute atomic E-state index is 0. The molecule has 0 fully saturated rings. The van der Waals surface area contributed by atoms with Gasteiger partial charge in [0, 0.05) is 0 Å². The van der Waals surface area contributed by atoms with Crippen LogP contribution in [0.5, 0.6) is 0 Å². The molecular formula is C56H116O8P2Zn. The number of phosphoric ester groups is 2. The fraction of sp³-hybridized carbons (Fsp3) is 1.00. The first-order chi connectivity index (χ1) is 32.2. The molecule has 0 rings (SSSR count). The largest absolute Gasteiger partial charge is 2.00 e. The Morgan fingerprint density at radius 1 is 0.224 bits per heavy atom. The van der Waals surface area contributed by atoms with Crippen LogP contribution in [0.4, 0.5) is 0 Å². The molecule has 0 aliphatic heterocycles. The summed E-state index contributed by atoms with van der Waals surface area (Å²) in [6, 6.07) is 0. The van der Waals surface area contributed by atoms with Crippen molar-refractivity contribution in [2.45, 2.75) is 336 Å². The summed E-state index contributed by atoms with van der Waals surface area (Å²) < 4.78 is 43.7. The van der Waals surface area contributed by atoms with Gasteiger partial charge in [-0.1, -0.05) is 310 Å². The van der Waals surface area contributed by atoms with Crippen LogP contribution in [0.15, 0.2) is 0 Å². The fourth-order valence-electron chi connectivity index (χ4n) is 8.55. The molecule has 0 aromatic rings. The van der Waals surface area contributed by atoms with Gasteiger partial charge < -0.3 is 27.9 Å². The molecule has 0 saturated heterocycles. The van der Waals surface area contributed by atoms with Crippen molar-refractivity contribution in [3.63, 3.8) is 0 Å². The smallest absolute Gasteiger partial charge is 0.756 e. The Kier molecular flexibility index (Phi) is 65.8. The first-order valence-electron chi connectivity index (χ1n) is 29.4. The van der Waals surface area contributed by atoms with Gasteiger partial charge >= 0.3 is 19.5 Å². The van der Waals surface area contributed by atoms with Crippen LogP contribution in [-0.4, -0.2) is 26.4 Å². The Bertz CT molecular complexity index is 849. The number of hydrogen-bond donors (Lipinski definition) is 0. The number of hydrogen-bond acceptors (Lipinski definition) is 8. The zero-order chi connectivity index (χ0) is 48.6. The summed E-state index contributed by atoms with van der Waals surface area (Å²) in [5.41, 5.74) is 0. The van der Waals surface area contributed by atoms with Gasteiger partial charge in [-0.25, -0.2) is 0 Å². The van der Waals surface area contributed by atoms with E-state index in [9.17, 15) is 18.9 Å². The predicted molar refractivity (Wildman–Crippen MR) is 283 cm³/mol. The van der Waals surface area contributed by atoms with Crippen LogP contribution in [0, 0.1) is 0 Å². The average molecular weight is 1040 g/mol. The summed E-state index contributed by atoms with van der Waals surface area (Å²) in [4.78, 5) is 23.6. The standard InChI is InChI=1S/2C28H59O4P.Zn/c2*1-3-5-7-9-11-13-15-17-19-21-23-25-27-31-33(29,30)32-28-26-24-22-20-18-16-14-12-10-8-6-4-2;/h2*3-28H2,1-2H3,(H,29,30);/q;;+2/p-2. The Morgan fingerprint density at radius 3 is 0.448 bits per heavy atom. The Hall–Kier alpha value is 0.843. The molecule has 400 valence electrons. The van der Waals surface area contributed by atoms with E-state index in [4.69, 9.17) is 18.1 Å². The maximum absolute atomic E-state index is 11.8. The van der Waals surface area contributed by atoms with Gasteiger partial charge in [-0.2, -0.15) is 0 Å². The number of phosphoric acid groups is 2. The van der Waals surface area contributed by atoms with E-state index in [1.807, 2.05) is 0 Å². The quantitative estimate of drug-likeness (QED) is 0.0336. The normalized spacial score (nSPS) is 11.8. The fourth-order valence-corrected chi connectivity index (χ4v) is 10.1. The molecule has 0 bridgehead atoms. The van der Waals surface area contributed by atoms with E-state index >= 15 is 0 Å². The van der Waals surface area contributed by atoms with Crippen molar-refractivity contribution >= 4 is 15.6 Å². The molecule has 0 aliphatic rings. The van der Waals surface area contributed by atoms with Crippen LogP contribution in [0.2, 0.25) is 0 Å². The molecule has 0 amide bonds. The molecule has 0 aliphatic carbocycles. The van der Waals surface area contributed by atoms with Crippen LogP contribution >= 0.6 is 15.6 Å². The van der Waals surface area contributed by atoms with Gasteiger partial charge in [-0.05, 0) is 25.7 Å². The molecule has 8 nitrogen and oxygen atoms in total. The van der Waals surface area contributed by atoms with Crippen LogP contribution in [-0.2, 0) is 46.7 Å². The summed E-state index contributed by atoms with van der Waals surface area (Å²) in [7, 11) is -8.21. The van der Waals surface area contributed by atoms with Crippen LogP contribution in [0.1, 0.15) is 336 Å². The maximum Gasteiger partial charge on any atom is 2.00 e. The van der Waals surface area contributed by atoms with Gasteiger partial charge in [0.2, 0.25) is 0 Å². The van der Waals surface area contributed by atoms with Crippen molar-refractivity contribution in [3.8, 4) is 0 Å². The molecule has 0 aromatic heterocycles. The Labute approximate surface area is 432 Å². The van der Waals surface area contributed by atoms with Crippen molar-refractivity contribution in [2.24, 2.45) is 0 Å². The molecular weight excluding hydrogens is 928 g/mol. The van der Waals surface area contributed by atoms with Crippen molar-refractivity contribution in [1.29, 1.82) is 0 Å². The number of unbranched alkanes of at least 4 members (excludes halogenated alkanes) is 44. The third-order valence-electron chi connectivity index (χ3n) is 13.0. The van der Waals surface area contributed by atoms with Crippen LogP contribution < -0.4 is 9.79 Å². The van der Waals surface area contributed by atoms with Gasteiger partial charge in [0.15, 0.2) is 0 Å². The van der Waals surface area contributed by atoms with E-state index in [0.29, 0.717) is 0 Å². The first kappa shape index (κ1) is 72.1. The van der Waals surface area contributed by atoms with Gasteiger partial charge in [-0.3, -0.25) is 9.13 Å². The molecule has 0 heterocycles. The Morgan fingerprint density at radius 2 is 0.328 bits per heavy atom. The first-order valence-corrected chi connectivity index (χ1v) is 32.4. The summed E-state index contributed by atoms with van der Waals surface area (Å²) in [5.74, 6) is 0. The van der Waals surface area contributed by atoms with E-state index in [1.165, 1.54) is 257 Å². The second-order valence-corrected chi connectivity index (χ2v) is 22.6. The second kappa shape index (κ2) is 61.1. The topological polar surface area (TPSA) is 117 Å². The molecule has 0 radical (unpaired) electrons. The van der Waals surface area contributed by atoms with Gasteiger partial charge in [-0.15, -0.1) is 0 Å². The molecule has 11 heteroatoms. The van der Waals surface area contributed by atoms with Crippen molar-refractivity contribution in [2.75, 3.05) is 26.4 Å². The van der Waals surface area contributed by atoms with Crippen molar-refractivity contribution in [3.05, 3.63) is 0 Å². The summed E-state index contributed by atoms with van der Waals surface area (Å²) in [5, 5.41) is 0. The SMILES string of the molecule is CCCCCCCCCCCCCCOP(=O)([O-])OCCCCCCCCCCCCCC.CCCCCCCCCCCCCCOP(=O)([O-])OCCCCCCCCCCCCCC.[Zn+2]. The predicted octanol–water partition coefficient (Wildman–Crippen LogP) is 19.8. The van der Waals surface area contributed by atoms with E-state index in [1.54, 1.807) is 0 Å². The molecule has 0 saturated carbocycles. The van der Waals surface area contributed by atoms with Crippen LogP contribution in [0.25, 0.3) is 0 Å². The average Bonchev–Trinajstić information content (AvgIpc) is 3.30. The molecule has 0 spiro atoms. The molecule has 67 heavy (non-hydrogen) atoms. The zero-order valence-electron chi connectivity index (χ0n) is 45.6. The van der Waals surface area contributed by atoms with Gasteiger partial charge in [0.05, 0.1) is 26.4 Å². The molecule has 0 atom stereocenters. The number of rotatable bonds is 56. The van der Waals surface area contributed by atoms with Crippen molar-refractivity contribution < 1.29 is 56.5 Å². The van der Waals surface area contributed by atoms with Gasteiger partial charge in [0.1, 0.15) is 0 Å². The molecule has 0 aromatic carbocycles. The maximum atomic E-state index is 11.8. The summed E-state index contributed by atoms with van der Waals surface area (Å²) in [6.45, 7) is 10.1. The van der Waals surface area contributed by atoms with Crippen LogP contribution in [0.3, 0.4) is 0 Å². The van der Waals surface area contributed by atoms with E-state index in [-0.39, 0.29) is 45.9 Å². The summed E-state index contributed by atoms with van der Waals surface area (Å²) >= 11 is 0. The minimum Gasteiger partial charge on any atom is -0.756 e. The molecule has 0 N–H and O–H groups in total. The zero-order valence-corrected chi connectivity index (χ0v) is 50.4. The third kappa shape index (κ3) is 66.8. The summed E-state index contributed by atoms with van der Waals surface area (Å²) in [6.07, 6.45) is 60.5. The Balaban J connectivity index is -0.00000120.